The van der Waals surface area contributed by atoms with E-state index in [4.69, 9.17) is 22.5 Å². The fourth-order valence-corrected chi connectivity index (χ4v) is 2.12. The summed E-state index contributed by atoms with van der Waals surface area (Å²) in [6.07, 6.45) is 2.84. The van der Waals surface area contributed by atoms with Crippen molar-refractivity contribution in [3.05, 3.63) is 16.4 Å². The maximum Gasteiger partial charge on any atom is 0.144 e. The molecule has 0 aliphatic heterocycles. The summed E-state index contributed by atoms with van der Waals surface area (Å²) in [5.41, 5.74) is 7.26. The van der Waals surface area contributed by atoms with E-state index in [9.17, 15) is 0 Å². The van der Waals surface area contributed by atoms with E-state index < -0.39 is 0 Å². The van der Waals surface area contributed by atoms with Gasteiger partial charge >= 0.3 is 0 Å². The molecule has 0 aliphatic rings. The van der Waals surface area contributed by atoms with Gasteiger partial charge < -0.3 is 10.9 Å². The Morgan fingerprint density at radius 3 is 2.53 bits per heavy atom. The molecule has 0 radical (unpaired) electrons. The number of aryl methyl sites for hydroxylation is 2. The Balaban J connectivity index is 2.45. The first-order valence-corrected chi connectivity index (χ1v) is 6.85. The molecule has 0 saturated heterocycles. The second-order valence-corrected chi connectivity index (χ2v) is 5.91. The number of unbranched alkanes of at least 4 members (excludes halogenated alkanes) is 1. The second-order valence-electron chi connectivity index (χ2n) is 5.53. The summed E-state index contributed by atoms with van der Waals surface area (Å²) in [4.78, 5) is 0. The van der Waals surface area contributed by atoms with Crippen LogP contribution in [-0.4, -0.2) is 20.8 Å². The van der Waals surface area contributed by atoms with Crippen LogP contribution >= 0.6 is 11.6 Å². The fraction of sp³-hybridized carbons (Fsp3) is 0.692. The predicted octanol–water partition coefficient (Wildman–Crippen LogP) is 3.10. The van der Waals surface area contributed by atoms with Gasteiger partial charge in [0.1, 0.15) is 5.84 Å². The summed E-state index contributed by atoms with van der Waals surface area (Å²) in [5, 5.41) is 16.9. The van der Waals surface area contributed by atoms with Gasteiger partial charge in [-0.2, -0.15) is 5.10 Å². The van der Waals surface area contributed by atoms with Gasteiger partial charge in [-0.3, -0.25) is 4.68 Å². The number of hydrogen-bond donors (Lipinski definition) is 2. The van der Waals surface area contributed by atoms with Crippen LogP contribution < -0.4 is 5.73 Å². The van der Waals surface area contributed by atoms with Crippen LogP contribution in [0.1, 0.15) is 44.5 Å². The molecule has 108 valence electrons. The van der Waals surface area contributed by atoms with Crippen LogP contribution in [0.15, 0.2) is 5.16 Å². The molecule has 0 fully saturated rings. The van der Waals surface area contributed by atoms with E-state index in [1.807, 2.05) is 32.4 Å². The second kappa shape index (κ2) is 6.28. The summed E-state index contributed by atoms with van der Waals surface area (Å²) in [7, 11) is 0. The van der Waals surface area contributed by atoms with Crippen LogP contribution in [0, 0.1) is 19.3 Å². The molecule has 1 aromatic rings. The standard InChI is InChI=1S/C13H23ClN4O/c1-9-11(14)10(2)18(16-9)8-6-5-7-13(3,4)12(15)17-19/h19H,5-8H2,1-4H3,(H2,15,17). The van der Waals surface area contributed by atoms with Gasteiger partial charge in [0.05, 0.1) is 16.4 Å². The molecule has 0 unspecified atom stereocenters. The van der Waals surface area contributed by atoms with Crippen molar-refractivity contribution in [3.8, 4) is 0 Å². The Hall–Kier alpha value is -1.23. The average Bonchev–Trinajstić information content (AvgIpc) is 2.61. The molecular formula is C13H23ClN4O. The molecule has 0 saturated carbocycles. The molecule has 0 aliphatic carbocycles. The Morgan fingerprint density at radius 2 is 2.05 bits per heavy atom. The van der Waals surface area contributed by atoms with Crippen molar-refractivity contribution in [1.29, 1.82) is 0 Å². The normalized spacial score (nSPS) is 13.0. The molecule has 6 heteroatoms. The maximum atomic E-state index is 8.71. The van der Waals surface area contributed by atoms with E-state index in [2.05, 4.69) is 10.3 Å². The van der Waals surface area contributed by atoms with Crippen molar-refractivity contribution in [2.45, 2.75) is 53.5 Å². The summed E-state index contributed by atoms with van der Waals surface area (Å²) in [6, 6.07) is 0. The quantitative estimate of drug-likeness (QED) is 0.277. The lowest BCUT2D eigenvalue weighted by Gasteiger charge is -2.22. The number of nitrogens with zero attached hydrogens (tertiary/aromatic N) is 3. The van der Waals surface area contributed by atoms with E-state index in [-0.39, 0.29) is 11.3 Å². The van der Waals surface area contributed by atoms with Crippen LogP contribution in [0.25, 0.3) is 0 Å². The van der Waals surface area contributed by atoms with Gasteiger partial charge in [0.2, 0.25) is 0 Å². The molecule has 3 N–H and O–H groups in total. The van der Waals surface area contributed by atoms with E-state index in [0.29, 0.717) is 0 Å². The van der Waals surface area contributed by atoms with Crippen LogP contribution in [0.5, 0.6) is 0 Å². The van der Waals surface area contributed by atoms with Gasteiger partial charge in [-0.25, -0.2) is 0 Å². The zero-order valence-electron chi connectivity index (χ0n) is 12.1. The minimum Gasteiger partial charge on any atom is -0.409 e. The third-order valence-corrected chi connectivity index (χ3v) is 4.06. The Morgan fingerprint density at radius 1 is 1.42 bits per heavy atom. The summed E-state index contributed by atoms with van der Waals surface area (Å²) < 4.78 is 1.94. The molecule has 0 aromatic carbocycles. The lowest BCUT2D eigenvalue weighted by atomic mass is 9.86. The first-order valence-electron chi connectivity index (χ1n) is 6.47. The largest absolute Gasteiger partial charge is 0.409 e. The number of amidine groups is 1. The van der Waals surface area contributed by atoms with Crippen LogP contribution in [0.2, 0.25) is 5.02 Å². The van der Waals surface area contributed by atoms with Gasteiger partial charge in [0.25, 0.3) is 0 Å². The van der Waals surface area contributed by atoms with Gasteiger partial charge in [-0.15, -0.1) is 0 Å². The predicted molar refractivity (Wildman–Crippen MR) is 77.8 cm³/mol. The molecular weight excluding hydrogens is 264 g/mol. The summed E-state index contributed by atoms with van der Waals surface area (Å²) in [6.45, 7) is 8.67. The van der Waals surface area contributed by atoms with E-state index in [1.165, 1.54) is 0 Å². The Bertz CT molecular complexity index is 465. The Labute approximate surface area is 119 Å². The Kier molecular flexibility index (Phi) is 5.23. The van der Waals surface area contributed by atoms with Gasteiger partial charge in [0.15, 0.2) is 0 Å². The van der Waals surface area contributed by atoms with E-state index >= 15 is 0 Å². The van der Waals surface area contributed by atoms with Crippen LogP contribution in [0.4, 0.5) is 0 Å². The molecule has 0 spiro atoms. The highest BCUT2D eigenvalue weighted by atomic mass is 35.5. The lowest BCUT2D eigenvalue weighted by Crippen LogP contribution is -2.31. The number of rotatable bonds is 6. The van der Waals surface area contributed by atoms with Gasteiger partial charge in [-0.1, -0.05) is 37.0 Å². The van der Waals surface area contributed by atoms with Crippen molar-refractivity contribution in [1.82, 2.24) is 9.78 Å². The summed E-state index contributed by atoms with van der Waals surface area (Å²) >= 11 is 6.10. The molecule has 0 bridgehead atoms. The molecule has 19 heavy (non-hydrogen) atoms. The van der Waals surface area contributed by atoms with Gasteiger partial charge in [-0.05, 0) is 26.7 Å². The van der Waals surface area contributed by atoms with Crippen LogP contribution in [0.3, 0.4) is 0 Å². The number of halogens is 1. The minimum absolute atomic E-state index is 0.276. The SMILES string of the molecule is Cc1nn(CCCCC(C)(C)C(N)=NO)c(C)c1Cl. The number of hydrogen-bond acceptors (Lipinski definition) is 3. The highest BCUT2D eigenvalue weighted by Crippen LogP contribution is 2.24. The van der Waals surface area contributed by atoms with Crippen molar-refractivity contribution < 1.29 is 5.21 Å². The highest BCUT2D eigenvalue weighted by molar-refractivity contribution is 6.31. The average molecular weight is 287 g/mol. The lowest BCUT2D eigenvalue weighted by molar-refractivity contribution is 0.303. The maximum absolute atomic E-state index is 8.71. The van der Waals surface area contributed by atoms with Crippen molar-refractivity contribution in [2.24, 2.45) is 16.3 Å². The smallest absolute Gasteiger partial charge is 0.144 e. The van der Waals surface area contributed by atoms with E-state index in [1.54, 1.807) is 0 Å². The molecule has 5 nitrogen and oxygen atoms in total. The molecule has 0 atom stereocenters. The molecule has 1 aromatic heterocycles. The van der Waals surface area contributed by atoms with Crippen molar-refractivity contribution in [3.63, 3.8) is 0 Å². The monoisotopic (exact) mass is 286 g/mol. The van der Waals surface area contributed by atoms with Crippen molar-refractivity contribution >= 4 is 17.4 Å². The molecule has 0 amide bonds. The zero-order valence-corrected chi connectivity index (χ0v) is 12.8. The van der Waals surface area contributed by atoms with Crippen molar-refractivity contribution in [2.75, 3.05) is 0 Å². The van der Waals surface area contributed by atoms with E-state index in [0.717, 1.165) is 42.2 Å². The third kappa shape index (κ3) is 3.86. The minimum atomic E-state index is -0.276. The topological polar surface area (TPSA) is 76.4 Å². The van der Waals surface area contributed by atoms with Crippen LogP contribution in [-0.2, 0) is 6.54 Å². The number of oxime groups is 1. The number of aromatic nitrogens is 2. The highest BCUT2D eigenvalue weighted by Gasteiger charge is 2.22. The van der Waals surface area contributed by atoms with Gasteiger partial charge in [0, 0.05) is 12.0 Å². The number of nitrogens with two attached hydrogens (primary N) is 1. The summed E-state index contributed by atoms with van der Waals surface area (Å²) in [5.74, 6) is 0.279. The zero-order chi connectivity index (χ0) is 14.6. The third-order valence-electron chi connectivity index (χ3n) is 3.52. The first-order chi connectivity index (χ1) is 8.79. The molecule has 1 rings (SSSR count). The fourth-order valence-electron chi connectivity index (χ4n) is 1.98. The molecule has 1 heterocycles. The first kappa shape index (κ1) is 15.8.